The highest BCUT2D eigenvalue weighted by Gasteiger charge is 2.28. The molecule has 1 atom stereocenters. The third kappa shape index (κ3) is 5.93. The fourth-order valence-electron chi connectivity index (χ4n) is 5.44. The normalized spacial score (nSPS) is 26.0. The molecule has 1 aromatic carbocycles. The van der Waals surface area contributed by atoms with Gasteiger partial charge in [0.05, 0.1) is 0 Å². The zero-order valence-corrected chi connectivity index (χ0v) is 17.6. The number of aryl methyl sites for hydroxylation is 2. The van der Waals surface area contributed by atoms with Crippen LogP contribution in [0.1, 0.15) is 95.6 Å². The Morgan fingerprint density at radius 1 is 0.889 bits per heavy atom. The zero-order valence-electron chi connectivity index (χ0n) is 17.6. The Labute approximate surface area is 166 Å². The predicted octanol–water partition coefficient (Wildman–Crippen LogP) is 8.04. The van der Waals surface area contributed by atoms with Crippen molar-refractivity contribution in [1.82, 2.24) is 0 Å². The minimum atomic E-state index is -0.00860. The van der Waals surface area contributed by atoms with Gasteiger partial charge in [-0.2, -0.15) is 0 Å². The summed E-state index contributed by atoms with van der Waals surface area (Å²) in [6.07, 6.45) is 19.1. The van der Waals surface area contributed by atoms with E-state index in [-0.39, 0.29) is 5.82 Å². The van der Waals surface area contributed by atoms with Crippen LogP contribution in [0.25, 0.3) is 0 Å². The standard InChI is InChI=1S/C26H39F/c1-3-5-20-9-14-23(15-10-20)24-16-11-21(12-17-24)7-8-22-13-18-25(6-4-2)26(27)19-22/h11,13,18-20,23-24H,3-10,12,14-17H2,1-2H3. The van der Waals surface area contributed by atoms with Gasteiger partial charge >= 0.3 is 0 Å². The van der Waals surface area contributed by atoms with Gasteiger partial charge < -0.3 is 0 Å². The van der Waals surface area contributed by atoms with Gasteiger partial charge in [0.15, 0.2) is 0 Å². The van der Waals surface area contributed by atoms with Gasteiger partial charge in [0, 0.05) is 0 Å². The summed E-state index contributed by atoms with van der Waals surface area (Å²) in [6.45, 7) is 4.43. The molecule has 0 amide bonds. The summed E-state index contributed by atoms with van der Waals surface area (Å²) in [5.74, 6) is 2.92. The fraction of sp³-hybridized carbons (Fsp3) is 0.692. The quantitative estimate of drug-likeness (QED) is 0.406. The summed E-state index contributed by atoms with van der Waals surface area (Å²) in [5, 5.41) is 0. The van der Waals surface area contributed by atoms with Gasteiger partial charge in [-0.15, -0.1) is 0 Å². The molecule has 2 aliphatic carbocycles. The van der Waals surface area contributed by atoms with Gasteiger partial charge in [-0.05, 0) is 86.3 Å². The molecule has 3 rings (SSSR count). The lowest BCUT2D eigenvalue weighted by Crippen LogP contribution is -2.23. The predicted molar refractivity (Wildman–Crippen MR) is 114 cm³/mol. The van der Waals surface area contributed by atoms with Gasteiger partial charge in [-0.1, -0.05) is 69.7 Å². The molecular weight excluding hydrogens is 331 g/mol. The Hall–Kier alpha value is -1.11. The van der Waals surface area contributed by atoms with Crippen molar-refractivity contribution < 1.29 is 4.39 Å². The first kappa shape index (κ1) is 20.6. The molecule has 0 spiro atoms. The van der Waals surface area contributed by atoms with Crippen LogP contribution in [0.3, 0.4) is 0 Å². The van der Waals surface area contributed by atoms with E-state index in [1.165, 1.54) is 57.8 Å². The molecule has 1 heteroatoms. The van der Waals surface area contributed by atoms with Crippen LogP contribution in [0.4, 0.5) is 4.39 Å². The number of rotatable bonds is 8. The van der Waals surface area contributed by atoms with Crippen molar-refractivity contribution in [3.63, 3.8) is 0 Å². The molecule has 0 N–H and O–H groups in total. The lowest BCUT2D eigenvalue weighted by atomic mass is 9.70. The van der Waals surface area contributed by atoms with Crippen molar-refractivity contribution in [1.29, 1.82) is 0 Å². The van der Waals surface area contributed by atoms with Crippen molar-refractivity contribution in [3.05, 3.63) is 46.8 Å². The average molecular weight is 371 g/mol. The highest BCUT2D eigenvalue weighted by atomic mass is 19.1. The Kier molecular flexibility index (Phi) is 7.97. The minimum absolute atomic E-state index is 0.00860. The molecule has 0 nitrogen and oxygen atoms in total. The van der Waals surface area contributed by atoms with Crippen LogP contribution in [0.2, 0.25) is 0 Å². The molecule has 0 aliphatic heterocycles. The molecular formula is C26H39F. The van der Waals surface area contributed by atoms with Gasteiger partial charge in [-0.25, -0.2) is 4.39 Å². The Morgan fingerprint density at radius 3 is 2.33 bits per heavy atom. The number of hydrogen-bond acceptors (Lipinski definition) is 0. The summed E-state index contributed by atoms with van der Waals surface area (Å²) >= 11 is 0. The van der Waals surface area contributed by atoms with Crippen LogP contribution in [0.5, 0.6) is 0 Å². The second-order valence-electron chi connectivity index (χ2n) is 9.14. The van der Waals surface area contributed by atoms with Crippen LogP contribution in [0.15, 0.2) is 29.8 Å². The first-order valence-corrected chi connectivity index (χ1v) is 11.6. The summed E-state index contributed by atoms with van der Waals surface area (Å²) in [6, 6.07) is 5.90. The summed E-state index contributed by atoms with van der Waals surface area (Å²) in [7, 11) is 0. The van der Waals surface area contributed by atoms with Crippen LogP contribution >= 0.6 is 0 Å². The van der Waals surface area contributed by atoms with Gasteiger partial charge in [0.1, 0.15) is 5.82 Å². The van der Waals surface area contributed by atoms with E-state index >= 15 is 0 Å². The smallest absolute Gasteiger partial charge is 0.126 e. The van der Waals surface area contributed by atoms with Crippen molar-refractivity contribution in [3.8, 4) is 0 Å². The fourth-order valence-corrected chi connectivity index (χ4v) is 5.44. The minimum Gasteiger partial charge on any atom is -0.207 e. The van der Waals surface area contributed by atoms with Crippen molar-refractivity contribution in [2.45, 2.75) is 97.3 Å². The highest BCUT2D eigenvalue weighted by Crippen LogP contribution is 2.41. The molecule has 27 heavy (non-hydrogen) atoms. The maximum absolute atomic E-state index is 14.1. The molecule has 1 aromatic rings. The van der Waals surface area contributed by atoms with Gasteiger partial charge in [-0.3, -0.25) is 0 Å². The van der Waals surface area contributed by atoms with E-state index in [9.17, 15) is 4.39 Å². The van der Waals surface area contributed by atoms with Crippen LogP contribution in [0, 0.1) is 23.6 Å². The lowest BCUT2D eigenvalue weighted by molar-refractivity contribution is 0.186. The SMILES string of the molecule is CCCc1ccc(CCC2=CCC(C3CCC(CCC)CC3)CC2)cc1F. The van der Waals surface area contributed by atoms with Crippen molar-refractivity contribution in [2.75, 3.05) is 0 Å². The van der Waals surface area contributed by atoms with Crippen LogP contribution in [-0.4, -0.2) is 0 Å². The topological polar surface area (TPSA) is 0 Å². The van der Waals surface area contributed by atoms with Crippen molar-refractivity contribution >= 4 is 0 Å². The number of allylic oxidation sites excluding steroid dienone is 2. The number of hydrogen-bond donors (Lipinski definition) is 0. The van der Waals surface area contributed by atoms with Gasteiger partial charge in [0.2, 0.25) is 0 Å². The third-order valence-corrected chi connectivity index (χ3v) is 7.17. The van der Waals surface area contributed by atoms with E-state index < -0.39 is 0 Å². The molecule has 0 saturated heterocycles. The highest BCUT2D eigenvalue weighted by molar-refractivity contribution is 5.25. The van der Waals surface area contributed by atoms with E-state index in [2.05, 4.69) is 26.0 Å². The average Bonchev–Trinajstić information content (AvgIpc) is 2.70. The molecule has 1 saturated carbocycles. The first-order chi connectivity index (χ1) is 13.2. The van der Waals surface area contributed by atoms with E-state index in [1.807, 2.05) is 6.07 Å². The molecule has 0 heterocycles. The molecule has 0 aromatic heterocycles. The molecule has 0 radical (unpaired) electrons. The second-order valence-corrected chi connectivity index (χ2v) is 9.14. The van der Waals surface area contributed by atoms with Crippen molar-refractivity contribution in [2.24, 2.45) is 17.8 Å². The van der Waals surface area contributed by atoms with E-state index in [4.69, 9.17) is 0 Å². The first-order valence-electron chi connectivity index (χ1n) is 11.6. The zero-order chi connectivity index (χ0) is 19.1. The summed E-state index contributed by atoms with van der Waals surface area (Å²) < 4.78 is 14.1. The van der Waals surface area contributed by atoms with E-state index in [0.717, 1.165) is 54.6 Å². The Balaban J connectivity index is 1.44. The number of halogens is 1. The molecule has 1 unspecified atom stereocenters. The molecule has 0 bridgehead atoms. The largest absolute Gasteiger partial charge is 0.207 e. The van der Waals surface area contributed by atoms with E-state index in [0.29, 0.717) is 0 Å². The Bertz CT molecular complexity index is 607. The van der Waals surface area contributed by atoms with E-state index in [1.54, 1.807) is 11.6 Å². The summed E-state index contributed by atoms with van der Waals surface area (Å²) in [4.78, 5) is 0. The number of benzene rings is 1. The maximum atomic E-state index is 14.1. The third-order valence-electron chi connectivity index (χ3n) is 7.17. The summed E-state index contributed by atoms with van der Waals surface area (Å²) in [5.41, 5.74) is 3.64. The molecule has 150 valence electrons. The molecule has 2 aliphatic rings. The maximum Gasteiger partial charge on any atom is 0.126 e. The van der Waals surface area contributed by atoms with Crippen LogP contribution < -0.4 is 0 Å². The van der Waals surface area contributed by atoms with Crippen LogP contribution in [-0.2, 0) is 12.8 Å². The monoisotopic (exact) mass is 370 g/mol. The van der Waals surface area contributed by atoms with Gasteiger partial charge in [0.25, 0.3) is 0 Å². The Morgan fingerprint density at radius 2 is 1.70 bits per heavy atom. The second kappa shape index (κ2) is 10.4. The molecule has 1 fully saturated rings. The lowest BCUT2D eigenvalue weighted by Gasteiger charge is -2.35.